The summed E-state index contributed by atoms with van der Waals surface area (Å²) in [6, 6.07) is 10.2. The topological polar surface area (TPSA) is 79.3 Å². The molecule has 7 heteroatoms. The summed E-state index contributed by atoms with van der Waals surface area (Å²) in [6.07, 6.45) is 3.07. The van der Waals surface area contributed by atoms with E-state index >= 15 is 0 Å². The van der Waals surface area contributed by atoms with Crippen molar-refractivity contribution in [2.45, 2.75) is 39.2 Å². The van der Waals surface area contributed by atoms with E-state index in [1.165, 1.54) is 5.56 Å². The summed E-state index contributed by atoms with van der Waals surface area (Å²) < 4.78 is 1.80. The van der Waals surface area contributed by atoms with Gasteiger partial charge in [-0.3, -0.25) is 10.1 Å². The zero-order valence-corrected chi connectivity index (χ0v) is 16.4. The van der Waals surface area contributed by atoms with Crippen LogP contribution in [0.25, 0.3) is 0 Å². The van der Waals surface area contributed by atoms with Crippen LogP contribution in [0.5, 0.6) is 0 Å². The fourth-order valence-corrected chi connectivity index (χ4v) is 4.08. The van der Waals surface area contributed by atoms with Gasteiger partial charge in [-0.2, -0.15) is 5.10 Å². The smallest absolute Gasteiger partial charge is 0.323 e. The van der Waals surface area contributed by atoms with Crippen molar-refractivity contribution in [3.8, 4) is 0 Å². The molecule has 2 saturated heterocycles. The second kappa shape index (κ2) is 7.30. The summed E-state index contributed by atoms with van der Waals surface area (Å²) in [6.45, 7) is 6.91. The first-order valence-corrected chi connectivity index (χ1v) is 9.87. The van der Waals surface area contributed by atoms with Gasteiger partial charge in [0.15, 0.2) is 0 Å². The van der Waals surface area contributed by atoms with Crippen molar-refractivity contribution in [1.29, 1.82) is 0 Å². The molecule has 1 aromatic carbocycles. The molecule has 2 fully saturated rings. The molecular weight excluding hydrogens is 354 g/mol. The minimum Gasteiger partial charge on any atom is -0.355 e. The molecular formula is C21H27N5O2. The highest BCUT2D eigenvalue weighted by molar-refractivity contribution is 5.89. The van der Waals surface area contributed by atoms with Gasteiger partial charge in [0, 0.05) is 37.5 Å². The lowest BCUT2D eigenvalue weighted by molar-refractivity contribution is -0.119. The minimum absolute atomic E-state index is 0.0869. The first-order valence-electron chi connectivity index (χ1n) is 9.87. The van der Waals surface area contributed by atoms with Gasteiger partial charge in [0.25, 0.3) is 0 Å². The maximum Gasteiger partial charge on any atom is 0.323 e. The van der Waals surface area contributed by atoms with Crippen LogP contribution in [-0.4, -0.2) is 46.3 Å². The molecule has 1 unspecified atom stereocenters. The van der Waals surface area contributed by atoms with E-state index in [1.54, 1.807) is 15.8 Å². The highest BCUT2D eigenvalue weighted by atomic mass is 16.2. The molecule has 1 atom stereocenters. The van der Waals surface area contributed by atoms with E-state index in [1.807, 2.05) is 6.07 Å². The number of hydrogen-bond acceptors (Lipinski definition) is 3. The Labute approximate surface area is 165 Å². The Kier molecular flexibility index (Phi) is 4.83. The molecule has 28 heavy (non-hydrogen) atoms. The molecule has 2 aromatic rings. The molecule has 1 aromatic heterocycles. The van der Waals surface area contributed by atoms with E-state index in [9.17, 15) is 9.59 Å². The van der Waals surface area contributed by atoms with Crippen LogP contribution < -0.4 is 10.6 Å². The zero-order chi connectivity index (χ0) is 19.7. The molecule has 148 valence electrons. The van der Waals surface area contributed by atoms with Crippen molar-refractivity contribution < 1.29 is 9.59 Å². The van der Waals surface area contributed by atoms with Crippen molar-refractivity contribution in [3.05, 3.63) is 47.7 Å². The number of aromatic nitrogens is 2. The molecule has 4 rings (SSSR count). The third kappa shape index (κ3) is 3.74. The average Bonchev–Trinajstić information content (AvgIpc) is 3.38. The number of urea groups is 1. The first-order chi connectivity index (χ1) is 13.4. The summed E-state index contributed by atoms with van der Waals surface area (Å²) in [4.78, 5) is 26.1. The van der Waals surface area contributed by atoms with Gasteiger partial charge in [-0.05, 0) is 23.5 Å². The number of nitrogens with one attached hydrogen (secondary N) is 2. The van der Waals surface area contributed by atoms with Gasteiger partial charge >= 0.3 is 6.03 Å². The summed E-state index contributed by atoms with van der Waals surface area (Å²) in [5.74, 6) is 1.27. The number of amides is 3. The molecule has 2 aliphatic heterocycles. The van der Waals surface area contributed by atoms with Gasteiger partial charge in [0.2, 0.25) is 5.91 Å². The molecule has 1 spiro atoms. The van der Waals surface area contributed by atoms with Gasteiger partial charge in [-0.25, -0.2) is 9.48 Å². The maximum absolute atomic E-state index is 12.7. The van der Waals surface area contributed by atoms with Crippen molar-refractivity contribution in [3.63, 3.8) is 0 Å². The fourth-order valence-electron chi connectivity index (χ4n) is 4.08. The van der Waals surface area contributed by atoms with E-state index in [-0.39, 0.29) is 17.4 Å². The minimum atomic E-state index is -0.131. The molecule has 0 radical (unpaired) electrons. The molecule has 2 aliphatic rings. The molecule has 0 aliphatic carbocycles. The Morgan fingerprint density at radius 1 is 1.29 bits per heavy atom. The maximum atomic E-state index is 12.7. The Morgan fingerprint density at radius 3 is 2.75 bits per heavy atom. The number of anilines is 1. The molecule has 2 N–H and O–H groups in total. The van der Waals surface area contributed by atoms with Crippen LogP contribution in [0, 0.1) is 5.41 Å². The summed E-state index contributed by atoms with van der Waals surface area (Å²) in [7, 11) is 0. The number of benzene rings is 1. The van der Waals surface area contributed by atoms with Crippen molar-refractivity contribution in [1.82, 2.24) is 20.0 Å². The monoisotopic (exact) mass is 381 g/mol. The van der Waals surface area contributed by atoms with Gasteiger partial charge in [-0.1, -0.05) is 38.1 Å². The highest BCUT2D eigenvalue weighted by Crippen LogP contribution is 2.36. The van der Waals surface area contributed by atoms with Crippen molar-refractivity contribution in [2.75, 3.05) is 25.0 Å². The van der Waals surface area contributed by atoms with Gasteiger partial charge in [0.1, 0.15) is 5.82 Å². The number of carbonyl (C=O) groups excluding carboxylic acids is 2. The first kappa shape index (κ1) is 18.5. The van der Waals surface area contributed by atoms with Crippen LogP contribution in [0.4, 0.5) is 10.6 Å². The summed E-state index contributed by atoms with van der Waals surface area (Å²) >= 11 is 0. The van der Waals surface area contributed by atoms with E-state index in [4.69, 9.17) is 0 Å². The third-order valence-electron chi connectivity index (χ3n) is 5.85. The Bertz CT molecular complexity index is 873. The van der Waals surface area contributed by atoms with Crippen molar-refractivity contribution >= 4 is 17.8 Å². The standard InChI is InChI=1S/C21H27N5O2/c1-15(2)17-5-3-16(4-6-17)12-26-18(7-9-23-26)24-20(28)25-10-8-21(14-25)11-19(27)22-13-21/h3-7,9,15H,8,10-14H2,1-2H3,(H,22,27)(H,24,28). The number of carbonyl (C=O) groups is 2. The summed E-state index contributed by atoms with van der Waals surface area (Å²) in [5, 5.41) is 10.2. The van der Waals surface area contributed by atoms with Crippen LogP contribution in [0.3, 0.4) is 0 Å². The van der Waals surface area contributed by atoms with Gasteiger partial charge in [-0.15, -0.1) is 0 Å². The fraction of sp³-hybridized carbons (Fsp3) is 0.476. The summed E-state index contributed by atoms with van der Waals surface area (Å²) in [5.41, 5.74) is 2.35. The van der Waals surface area contributed by atoms with E-state index < -0.39 is 0 Å². The molecule has 7 nitrogen and oxygen atoms in total. The lowest BCUT2D eigenvalue weighted by atomic mass is 9.86. The SMILES string of the molecule is CC(C)c1ccc(Cn2nccc2NC(=O)N2CCC3(CNC(=O)C3)C2)cc1. The van der Waals surface area contributed by atoms with Gasteiger partial charge in [0.05, 0.1) is 12.7 Å². The number of nitrogens with zero attached hydrogens (tertiary/aromatic N) is 3. The normalized spacial score (nSPS) is 21.5. The number of rotatable bonds is 4. The predicted molar refractivity (Wildman–Crippen MR) is 107 cm³/mol. The van der Waals surface area contributed by atoms with Crippen LogP contribution in [0.1, 0.15) is 43.7 Å². The van der Waals surface area contributed by atoms with Crippen LogP contribution in [-0.2, 0) is 11.3 Å². The van der Waals surface area contributed by atoms with Gasteiger partial charge < -0.3 is 10.2 Å². The average molecular weight is 381 g/mol. The van der Waals surface area contributed by atoms with E-state index in [2.05, 4.69) is 53.8 Å². The van der Waals surface area contributed by atoms with Crippen LogP contribution in [0.15, 0.2) is 36.5 Å². The van der Waals surface area contributed by atoms with Crippen LogP contribution >= 0.6 is 0 Å². The molecule has 3 amide bonds. The van der Waals surface area contributed by atoms with E-state index in [0.29, 0.717) is 44.3 Å². The molecule has 3 heterocycles. The third-order valence-corrected chi connectivity index (χ3v) is 5.85. The lowest BCUT2D eigenvalue weighted by Crippen LogP contribution is -2.36. The van der Waals surface area contributed by atoms with E-state index in [0.717, 1.165) is 12.0 Å². The highest BCUT2D eigenvalue weighted by Gasteiger charge is 2.45. The number of likely N-dealkylation sites (tertiary alicyclic amines) is 1. The number of hydrogen-bond donors (Lipinski definition) is 2. The second-order valence-corrected chi connectivity index (χ2v) is 8.33. The van der Waals surface area contributed by atoms with Crippen LogP contribution in [0.2, 0.25) is 0 Å². The van der Waals surface area contributed by atoms with Crippen molar-refractivity contribution in [2.24, 2.45) is 5.41 Å². The second-order valence-electron chi connectivity index (χ2n) is 8.33. The Balaban J connectivity index is 1.39. The molecule has 0 bridgehead atoms. The predicted octanol–water partition coefficient (Wildman–Crippen LogP) is 2.80. The Morgan fingerprint density at radius 2 is 2.07 bits per heavy atom. The molecule has 0 saturated carbocycles. The lowest BCUT2D eigenvalue weighted by Gasteiger charge is -2.22. The Hall–Kier alpha value is -2.83. The quantitative estimate of drug-likeness (QED) is 0.855. The largest absolute Gasteiger partial charge is 0.355 e. The zero-order valence-electron chi connectivity index (χ0n) is 16.4.